The zero-order valence-corrected chi connectivity index (χ0v) is 10.4. The first-order valence-electron chi connectivity index (χ1n) is 5.61. The smallest absolute Gasteiger partial charge is 0.146 e. The van der Waals surface area contributed by atoms with E-state index in [1.54, 1.807) is 19.2 Å². The van der Waals surface area contributed by atoms with Crippen molar-refractivity contribution in [2.45, 2.75) is 6.92 Å². The maximum absolute atomic E-state index is 5.61. The van der Waals surface area contributed by atoms with E-state index >= 15 is 0 Å². The SMILES string of the molecule is COc1ccc(C)cc1/N=N/c1ccc(N)cc1. The predicted molar refractivity (Wildman–Crippen MR) is 72.8 cm³/mol. The topological polar surface area (TPSA) is 60.0 Å². The Morgan fingerprint density at radius 3 is 2.39 bits per heavy atom. The quantitative estimate of drug-likeness (QED) is 0.652. The molecular weight excluding hydrogens is 226 g/mol. The second-order valence-corrected chi connectivity index (χ2v) is 3.97. The van der Waals surface area contributed by atoms with Gasteiger partial charge in [-0.3, -0.25) is 0 Å². The highest BCUT2D eigenvalue weighted by atomic mass is 16.5. The molecule has 0 aliphatic heterocycles. The zero-order chi connectivity index (χ0) is 13.0. The highest BCUT2D eigenvalue weighted by Gasteiger charge is 2.01. The number of methoxy groups -OCH3 is 1. The minimum atomic E-state index is 0.708. The summed E-state index contributed by atoms with van der Waals surface area (Å²) < 4.78 is 5.23. The third-order valence-electron chi connectivity index (χ3n) is 2.50. The van der Waals surface area contributed by atoms with Gasteiger partial charge in [0.05, 0.1) is 12.8 Å². The molecule has 2 rings (SSSR count). The Hall–Kier alpha value is -2.36. The molecule has 2 aromatic carbocycles. The van der Waals surface area contributed by atoms with E-state index < -0.39 is 0 Å². The van der Waals surface area contributed by atoms with Crippen LogP contribution in [0.25, 0.3) is 0 Å². The lowest BCUT2D eigenvalue weighted by Gasteiger charge is -2.03. The molecular formula is C14H15N3O. The van der Waals surface area contributed by atoms with Crippen LogP contribution in [0.3, 0.4) is 0 Å². The van der Waals surface area contributed by atoms with E-state index in [4.69, 9.17) is 10.5 Å². The number of hydrogen-bond donors (Lipinski definition) is 1. The molecule has 0 aromatic heterocycles. The average Bonchev–Trinajstić information content (AvgIpc) is 2.38. The number of nitrogens with two attached hydrogens (primary N) is 1. The molecule has 0 heterocycles. The number of nitrogens with zero attached hydrogens (tertiary/aromatic N) is 2. The number of anilines is 1. The molecule has 2 aromatic rings. The van der Waals surface area contributed by atoms with Crippen molar-refractivity contribution in [1.82, 2.24) is 0 Å². The number of aryl methyl sites for hydroxylation is 1. The lowest BCUT2D eigenvalue weighted by atomic mass is 10.2. The van der Waals surface area contributed by atoms with Gasteiger partial charge in [0.25, 0.3) is 0 Å². The molecule has 0 atom stereocenters. The van der Waals surface area contributed by atoms with Crippen LogP contribution in [0, 0.1) is 6.92 Å². The molecule has 92 valence electrons. The van der Waals surface area contributed by atoms with Gasteiger partial charge in [-0.25, -0.2) is 0 Å². The molecule has 0 spiro atoms. The van der Waals surface area contributed by atoms with E-state index in [-0.39, 0.29) is 0 Å². The van der Waals surface area contributed by atoms with Gasteiger partial charge in [-0.05, 0) is 48.9 Å². The summed E-state index contributed by atoms with van der Waals surface area (Å²) in [6, 6.07) is 13.0. The number of nitrogen functional groups attached to an aromatic ring is 1. The molecule has 0 unspecified atom stereocenters. The molecule has 4 nitrogen and oxygen atoms in total. The predicted octanol–water partition coefficient (Wildman–Crippen LogP) is 4.00. The van der Waals surface area contributed by atoms with Crippen LogP contribution in [0.15, 0.2) is 52.7 Å². The van der Waals surface area contributed by atoms with E-state index in [2.05, 4.69) is 10.2 Å². The summed E-state index contributed by atoms with van der Waals surface area (Å²) in [5.41, 5.74) is 8.90. The Bertz CT molecular complexity index is 562. The molecule has 0 bridgehead atoms. The standard InChI is InChI=1S/C14H15N3O/c1-10-3-8-14(18-2)13(9-10)17-16-12-6-4-11(15)5-7-12/h3-9H,15H2,1-2H3/b17-16+. The van der Waals surface area contributed by atoms with Crippen LogP contribution in [0.2, 0.25) is 0 Å². The van der Waals surface area contributed by atoms with Crippen molar-refractivity contribution >= 4 is 17.1 Å². The minimum absolute atomic E-state index is 0.708. The van der Waals surface area contributed by atoms with Crippen LogP contribution in [0.4, 0.5) is 17.1 Å². The number of ether oxygens (including phenoxy) is 1. The van der Waals surface area contributed by atoms with E-state index in [9.17, 15) is 0 Å². The molecule has 0 saturated heterocycles. The largest absolute Gasteiger partial charge is 0.494 e. The monoisotopic (exact) mass is 241 g/mol. The fourth-order valence-electron chi connectivity index (χ4n) is 1.53. The maximum Gasteiger partial charge on any atom is 0.146 e. The number of rotatable bonds is 3. The zero-order valence-electron chi connectivity index (χ0n) is 10.4. The van der Waals surface area contributed by atoms with Gasteiger partial charge in [0.1, 0.15) is 11.4 Å². The molecule has 0 aliphatic carbocycles. The van der Waals surface area contributed by atoms with E-state index in [1.807, 2.05) is 37.3 Å². The van der Waals surface area contributed by atoms with Crippen molar-refractivity contribution in [3.63, 3.8) is 0 Å². The minimum Gasteiger partial charge on any atom is -0.494 e. The molecule has 0 fully saturated rings. The Kier molecular flexibility index (Phi) is 3.57. The van der Waals surface area contributed by atoms with Crippen LogP contribution in [0.5, 0.6) is 5.75 Å². The van der Waals surface area contributed by atoms with Crippen LogP contribution >= 0.6 is 0 Å². The van der Waals surface area contributed by atoms with Gasteiger partial charge in [-0.2, -0.15) is 5.11 Å². The summed E-state index contributed by atoms with van der Waals surface area (Å²) in [4.78, 5) is 0. The Morgan fingerprint density at radius 2 is 1.72 bits per heavy atom. The summed E-state index contributed by atoms with van der Waals surface area (Å²) in [6.07, 6.45) is 0. The number of hydrogen-bond acceptors (Lipinski definition) is 4. The lowest BCUT2D eigenvalue weighted by Crippen LogP contribution is -1.83. The van der Waals surface area contributed by atoms with Gasteiger partial charge in [0.15, 0.2) is 0 Å². The van der Waals surface area contributed by atoms with Gasteiger partial charge in [-0.15, -0.1) is 5.11 Å². The van der Waals surface area contributed by atoms with Gasteiger partial charge in [0.2, 0.25) is 0 Å². The second-order valence-electron chi connectivity index (χ2n) is 3.97. The van der Waals surface area contributed by atoms with Crippen molar-refractivity contribution in [2.75, 3.05) is 12.8 Å². The summed E-state index contributed by atoms with van der Waals surface area (Å²) in [5, 5.41) is 8.35. The van der Waals surface area contributed by atoms with E-state index in [0.29, 0.717) is 17.1 Å². The summed E-state index contributed by atoms with van der Waals surface area (Å²) in [5.74, 6) is 0.708. The van der Waals surface area contributed by atoms with Crippen molar-refractivity contribution in [2.24, 2.45) is 10.2 Å². The molecule has 0 saturated carbocycles. The first-order chi connectivity index (χ1) is 8.69. The second kappa shape index (κ2) is 5.31. The number of azo groups is 1. The normalized spacial score (nSPS) is 10.8. The molecule has 18 heavy (non-hydrogen) atoms. The Balaban J connectivity index is 2.27. The van der Waals surface area contributed by atoms with Gasteiger partial charge in [-0.1, -0.05) is 6.07 Å². The molecule has 4 heteroatoms. The van der Waals surface area contributed by atoms with Crippen molar-refractivity contribution in [3.8, 4) is 5.75 Å². The van der Waals surface area contributed by atoms with Crippen molar-refractivity contribution in [1.29, 1.82) is 0 Å². The Morgan fingerprint density at radius 1 is 1.00 bits per heavy atom. The summed E-state index contributed by atoms with van der Waals surface area (Å²) >= 11 is 0. The lowest BCUT2D eigenvalue weighted by molar-refractivity contribution is 0.415. The maximum atomic E-state index is 5.61. The van der Waals surface area contributed by atoms with Gasteiger partial charge < -0.3 is 10.5 Å². The van der Waals surface area contributed by atoms with Crippen LogP contribution in [0.1, 0.15) is 5.56 Å². The van der Waals surface area contributed by atoms with Crippen LogP contribution in [-0.2, 0) is 0 Å². The van der Waals surface area contributed by atoms with Crippen molar-refractivity contribution in [3.05, 3.63) is 48.0 Å². The third-order valence-corrected chi connectivity index (χ3v) is 2.50. The highest BCUT2D eigenvalue weighted by molar-refractivity contribution is 5.54. The first kappa shape index (κ1) is 12.1. The van der Waals surface area contributed by atoms with Crippen LogP contribution < -0.4 is 10.5 Å². The van der Waals surface area contributed by atoms with Gasteiger partial charge >= 0.3 is 0 Å². The third kappa shape index (κ3) is 2.85. The summed E-state index contributed by atoms with van der Waals surface area (Å²) in [6.45, 7) is 2.00. The first-order valence-corrected chi connectivity index (χ1v) is 5.61. The molecule has 0 radical (unpaired) electrons. The molecule has 0 aliphatic rings. The number of benzene rings is 2. The van der Waals surface area contributed by atoms with E-state index in [1.165, 1.54) is 0 Å². The summed E-state index contributed by atoms with van der Waals surface area (Å²) in [7, 11) is 1.62. The molecule has 2 N–H and O–H groups in total. The van der Waals surface area contributed by atoms with Crippen LogP contribution in [-0.4, -0.2) is 7.11 Å². The van der Waals surface area contributed by atoms with E-state index in [0.717, 1.165) is 11.3 Å². The van der Waals surface area contributed by atoms with Crippen molar-refractivity contribution < 1.29 is 4.74 Å². The average molecular weight is 241 g/mol. The highest BCUT2D eigenvalue weighted by Crippen LogP contribution is 2.29. The fraction of sp³-hybridized carbons (Fsp3) is 0.143. The molecule has 0 amide bonds. The van der Waals surface area contributed by atoms with Gasteiger partial charge in [0, 0.05) is 5.69 Å². The Labute approximate surface area is 106 Å². The fourth-order valence-corrected chi connectivity index (χ4v) is 1.53.